The molecule has 0 N–H and O–H groups in total. The molecule has 20 heavy (non-hydrogen) atoms. The summed E-state index contributed by atoms with van der Waals surface area (Å²) in [5.41, 5.74) is 4.34. The van der Waals surface area contributed by atoms with E-state index in [0.29, 0.717) is 0 Å². The third kappa shape index (κ3) is 2.81. The Labute approximate surface area is 130 Å². The van der Waals surface area contributed by atoms with E-state index < -0.39 is 0 Å². The maximum Gasteiger partial charge on any atom is 0.125 e. The summed E-state index contributed by atoms with van der Waals surface area (Å²) in [6.07, 6.45) is 10.6. The predicted octanol–water partition coefficient (Wildman–Crippen LogP) is 6.04. The van der Waals surface area contributed by atoms with Gasteiger partial charge in [0, 0.05) is 10.0 Å². The van der Waals surface area contributed by atoms with Crippen molar-refractivity contribution in [1.82, 2.24) is 0 Å². The lowest BCUT2D eigenvalue weighted by Gasteiger charge is -2.27. The van der Waals surface area contributed by atoms with E-state index in [1.807, 2.05) is 7.11 Å². The number of hydrogen-bond acceptors (Lipinski definition) is 1. The van der Waals surface area contributed by atoms with Crippen LogP contribution in [0.15, 0.2) is 28.2 Å². The zero-order chi connectivity index (χ0) is 13.9. The van der Waals surface area contributed by atoms with E-state index >= 15 is 0 Å². The fourth-order valence-corrected chi connectivity index (χ4v) is 3.88. The molecule has 0 radical (unpaired) electrons. The molecule has 0 unspecified atom stereocenters. The minimum atomic E-state index is 0.720. The SMILES string of the molecule is COC(=C1CCC1)c1cc(Br)ccc1C1CCCCC1. The van der Waals surface area contributed by atoms with Gasteiger partial charge >= 0.3 is 0 Å². The van der Waals surface area contributed by atoms with Crippen molar-refractivity contribution in [3.05, 3.63) is 39.4 Å². The first-order valence-electron chi connectivity index (χ1n) is 7.85. The molecule has 0 bridgehead atoms. The van der Waals surface area contributed by atoms with Crippen LogP contribution in [0.5, 0.6) is 0 Å². The van der Waals surface area contributed by atoms with Gasteiger partial charge in [-0.3, -0.25) is 0 Å². The number of rotatable bonds is 3. The summed E-state index contributed by atoms with van der Waals surface area (Å²) in [5.74, 6) is 1.87. The van der Waals surface area contributed by atoms with Crippen molar-refractivity contribution in [3.8, 4) is 0 Å². The summed E-state index contributed by atoms with van der Waals surface area (Å²) >= 11 is 3.63. The highest BCUT2D eigenvalue weighted by Gasteiger charge is 2.24. The number of methoxy groups -OCH3 is 1. The number of hydrogen-bond donors (Lipinski definition) is 0. The van der Waals surface area contributed by atoms with Crippen LogP contribution < -0.4 is 0 Å². The molecule has 1 aromatic carbocycles. The average Bonchev–Trinajstić information content (AvgIpc) is 2.43. The van der Waals surface area contributed by atoms with E-state index in [-0.39, 0.29) is 0 Å². The first-order chi connectivity index (χ1) is 9.79. The van der Waals surface area contributed by atoms with Gasteiger partial charge in [0.25, 0.3) is 0 Å². The van der Waals surface area contributed by atoms with Gasteiger partial charge in [0.2, 0.25) is 0 Å². The second kappa shape index (κ2) is 6.34. The van der Waals surface area contributed by atoms with Crippen LogP contribution in [-0.2, 0) is 4.74 Å². The second-order valence-corrected chi connectivity index (χ2v) is 6.97. The highest BCUT2D eigenvalue weighted by molar-refractivity contribution is 9.10. The third-order valence-electron chi connectivity index (χ3n) is 4.79. The van der Waals surface area contributed by atoms with Crippen LogP contribution in [0.25, 0.3) is 5.76 Å². The number of halogens is 1. The van der Waals surface area contributed by atoms with Crippen LogP contribution in [0.4, 0.5) is 0 Å². The highest BCUT2D eigenvalue weighted by Crippen LogP contribution is 2.41. The monoisotopic (exact) mass is 334 g/mol. The molecule has 0 saturated heterocycles. The number of allylic oxidation sites excluding steroid dienone is 1. The van der Waals surface area contributed by atoms with Gasteiger partial charge in [-0.15, -0.1) is 0 Å². The maximum absolute atomic E-state index is 5.79. The predicted molar refractivity (Wildman–Crippen MR) is 87.7 cm³/mol. The van der Waals surface area contributed by atoms with Crippen molar-refractivity contribution in [2.45, 2.75) is 57.3 Å². The number of ether oxygens (including phenoxy) is 1. The molecule has 0 aromatic heterocycles. The Balaban J connectivity index is 2.01. The van der Waals surface area contributed by atoms with Gasteiger partial charge in [-0.2, -0.15) is 0 Å². The Morgan fingerprint density at radius 2 is 1.85 bits per heavy atom. The van der Waals surface area contributed by atoms with E-state index in [0.717, 1.165) is 16.1 Å². The molecule has 2 heteroatoms. The molecule has 2 fully saturated rings. The molecule has 2 aliphatic carbocycles. The van der Waals surface area contributed by atoms with Crippen molar-refractivity contribution >= 4 is 21.7 Å². The molecule has 0 amide bonds. The van der Waals surface area contributed by atoms with Crippen LogP contribution in [0.1, 0.15) is 68.4 Å². The Bertz CT molecular complexity index is 506. The summed E-state index contributed by atoms with van der Waals surface area (Å²) < 4.78 is 6.94. The number of benzene rings is 1. The third-order valence-corrected chi connectivity index (χ3v) is 5.28. The van der Waals surface area contributed by atoms with E-state index in [2.05, 4.69) is 34.1 Å². The smallest absolute Gasteiger partial charge is 0.125 e. The van der Waals surface area contributed by atoms with Crippen LogP contribution in [0.3, 0.4) is 0 Å². The lowest BCUT2D eigenvalue weighted by molar-refractivity contribution is 0.357. The minimum absolute atomic E-state index is 0.720. The van der Waals surface area contributed by atoms with Gasteiger partial charge in [-0.05, 0) is 61.3 Å². The zero-order valence-electron chi connectivity index (χ0n) is 12.3. The Hall–Kier alpha value is -0.760. The molecule has 0 aliphatic heterocycles. The van der Waals surface area contributed by atoms with Gasteiger partial charge in [0.1, 0.15) is 5.76 Å². The fourth-order valence-electron chi connectivity index (χ4n) is 3.52. The molecule has 108 valence electrons. The van der Waals surface area contributed by atoms with E-state index in [1.54, 1.807) is 0 Å². The van der Waals surface area contributed by atoms with Gasteiger partial charge in [-0.1, -0.05) is 41.3 Å². The normalized spacial score (nSPS) is 19.6. The maximum atomic E-state index is 5.79. The van der Waals surface area contributed by atoms with Gasteiger partial charge in [0.15, 0.2) is 0 Å². The lowest BCUT2D eigenvalue weighted by Crippen LogP contribution is -2.10. The minimum Gasteiger partial charge on any atom is -0.496 e. The fraction of sp³-hybridized carbons (Fsp3) is 0.556. The molecular weight excluding hydrogens is 312 g/mol. The van der Waals surface area contributed by atoms with Gasteiger partial charge < -0.3 is 4.74 Å². The van der Waals surface area contributed by atoms with E-state index in [9.17, 15) is 0 Å². The molecule has 0 atom stereocenters. The van der Waals surface area contributed by atoms with Gasteiger partial charge in [0.05, 0.1) is 7.11 Å². The molecule has 2 saturated carbocycles. The molecule has 1 aromatic rings. The molecular formula is C18H23BrO. The molecule has 0 spiro atoms. The summed E-state index contributed by atoms with van der Waals surface area (Å²) in [6.45, 7) is 0. The Morgan fingerprint density at radius 3 is 2.45 bits per heavy atom. The van der Waals surface area contributed by atoms with Crippen LogP contribution >= 0.6 is 15.9 Å². The van der Waals surface area contributed by atoms with Crippen molar-refractivity contribution in [1.29, 1.82) is 0 Å². The summed E-state index contributed by atoms with van der Waals surface area (Å²) in [5, 5.41) is 0. The molecule has 0 heterocycles. The first kappa shape index (κ1) is 14.2. The van der Waals surface area contributed by atoms with Crippen LogP contribution in [0.2, 0.25) is 0 Å². The van der Waals surface area contributed by atoms with E-state index in [4.69, 9.17) is 4.74 Å². The summed E-state index contributed by atoms with van der Waals surface area (Å²) in [6, 6.07) is 6.76. The van der Waals surface area contributed by atoms with Crippen molar-refractivity contribution in [2.24, 2.45) is 0 Å². The Kier molecular flexibility index (Phi) is 4.50. The molecule has 3 rings (SSSR count). The average molecular weight is 335 g/mol. The molecule has 2 aliphatic rings. The van der Waals surface area contributed by atoms with Crippen LogP contribution in [-0.4, -0.2) is 7.11 Å². The lowest BCUT2D eigenvalue weighted by atomic mass is 9.80. The first-order valence-corrected chi connectivity index (χ1v) is 8.64. The van der Waals surface area contributed by atoms with Crippen molar-refractivity contribution in [2.75, 3.05) is 7.11 Å². The summed E-state index contributed by atoms with van der Waals surface area (Å²) in [7, 11) is 1.83. The standard InChI is InChI=1S/C18H23BrO/c1-20-18(14-8-5-9-14)17-12-15(19)10-11-16(17)13-6-3-2-4-7-13/h10-13H,2-9H2,1H3. The van der Waals surface area contributed by atoms with Crippen LogP contribution in [0, 0.1) is 0 Å². The topological polar surface area (TPSA) is 9.23 Å². The molecule has 1 nitrogen and oxygen atoms in total. The van der Waals surface area contributed by atoms with Gasteiger partial charge in [-0.25, -0.2) is 0 Å². The van der Waals surface area contributed by atoms with Crippen molar-refractivity contribution in [3.63, 3.8) is 0 Å². The highest BCUT2D eigenvalue weighted by atomic mass is 79.9. The quantitative estimate of drug-likeness (QED) is 0.612. The Morgan fingerprint density at radius 1 is 1.10 bits per heavy atom. The summed E-state index contributed by atoms with van der Waals surface area (Å²) in [4.78, 5) is 0. The zero-order valence-corrected chi connectivity index (χ0v) is 13.8. The van der Waals surface area contributed by atoms with Crippen molar-refractivity contribution < 1.29 is 4.74 Å². The largest absolute Gasteiger partial charge is 0.496 e. The van der Waals surface area contributed by atoms with E-state index in [1.165, 1.54) is 68.1 Å². The second-order valence-electron chi connectivity index (χ2n) is 6.06.